The molecule has 2 nitrogen and oxygen atoms in total. The smallest absolute Gasteiger partial charge is 0.182 e. The Labute approximate surface area is 127 Å². The molecule has 1 aliphatic rings. The van der Waals surface area contributed by atoms with Crippen LogP contribution in [0.3, 0.4) is 0 Å². The lowest BCUT2D eigenvalue weighted by Crippen LogP contribution is -2.27. The highest BCUT2D eigenvalue weighted by molar-refractivity contribution is 8.93. The lowest BCUT2D eigenvalue weighted by atomic mass is 10.1. The number of hydrogen-bond donors (Lipinski definition) is 0. The molecule has 2 aromatic carbocycles. The lowest BCUT2D eigenvalue weighted by molar-refractivity contribution is 0.1000. The number of carbonyl (C=O) groups is 1. The summed E-state index contributed by atoms with van der Waals surface area (Å²) < 4.78 is 0. The Kier molecular flexibility index (Phi) is 4.66. The predicted molar refractivity (Wildman–Crippen MR) is 85.6 cm³/mol. The first kappa shape index (κ1) is 14.2. The van der Waals surface area contributed by atoms with E-state index >= 15 is 0 Å². The number of para-hydroxylation sites is 1. The van der Waals surface area contributed by atoms with Crippen LogP contribution in [0.15, 0.2) is 59.5 Å². The van der Waals surface area contributed by atoms with Gasteiger partial charge in [-0.2, -0.15) is 0 Å². The zero-order chi connectivity index (χ0) is 12.4. The van der Waals surface area contributed by atoms with Gasteiger partial charge in [0, 0.05) is 10.5 Å². The number of hydrogen-bond acceptors (Lipinski definition) is 3. The van der Waals surface area contributed by atoms with E-state index in [9.17, 15) is 4.79 Å². The van der Waals surface area contributed by atoms with Gasteiger partial charge in [0.2, 0.25) is 0 Å². The molecule has 1 heterocycles. The van der Waals surface area contributed by atoms with Crippen LogP contribution in [0.1, 0.15) is 10.4 Å². The SMILES string of the molecule is Br.O=C(CN1CSc2ccccc21)c1ccccc1. The highest BCUT2D eigenvalue weighted by Gasteiger charge is 2.21. The van der Waals surface area contributed by atoms with Crippen molar-refractivity contribution in [2.24, 2.45) is 0 Å². The summed E-state index contributed by atoms with van der Waals surface area (Å²) >= 11 is 1.79. The minimum atomic E-state index is 0. The molecule has 0 radical (unpaired) electrons. The average Bonchev–Trinajstić information content (AvgIpc) is 2.83. The third-order valence-electron chi connectivity index (χ3n) is 3.01. The Morgan fingerprint density at radius 3 is 2.53 bits per heavy atom. The fourth-order valence-corrected chi connectivity index (χ4v) is 3.12. The van der Waals surface area contributed by atoms with Gasteiger partial charge in [-0.1, -0.05) is 42.5 Å². The maximum atomic E-state index is 12.2. The summed E-state index contributed by atoms with van der Waals surface area (Å²) in [6, 6.07) is 17.7. The summed E-state index contributed by atoms with van der Waals surface area (Å²) in [5, 5.41) is 0. The highest BCUT2D eigenvalue weighted by atomic mass is 79.9. The van der Waals surface area contributed by atoms with Crippen molar-refractivity contribution < 1.29 is 4.79 Å². The number of thioether (sulfide) groups is 1. The maximum absolute atomic E-state index is 12.2. The fourth-order valence-electron chi connectivity index (χ4n) is 2.08. The molecule has 0 fully saturated rings. The third-order valence-corrected chi connectivity index (χ3v) is 4.11. The Balaban J connectivity index is 0.00000133. The van der Waals surface area contributed by atoms with E-state index in [2.05, 4.69) is 17.0 Å². The van der Waals surface area contributed by atoms with E-state index in [1.54, 1.807) is 11.8 Å². The van der Waals surface area contributed by atoms with Crippen LogP contribution in [0.2, 0.25) is 0 Å². The molecule has 0 aromatic heterocycles. The van der Waals surface area contributed by atoms with Crippen LogP contribution in [0.25, 0.3) is 0 Å². The van der Waals surface area contributed by atoms with Gasteiger partial charge in [0.15, 0.2) is 5.78 Å². The molecular formula is C15H14BrNOS. The third kappa shape index (κ3) is 3.01. The second-order valence-electron chi connectivity index (χ2n) is 4.23. The van der Waals surface area contributed by atoms with Crippen molar-refractivity contribution in [1.29, 1.82) is 0 Å². The van der Waals surface area contributed by atoms with Gasteiger partial charge in [-0.05, 0) is 12.1 Å². The van der Waals surface area contributed by atoms with Gasteiger partial charge in [0.05, 0.1) is 18.1 Å². The maximum Gasteiger partial charge on any atom is 0.182 e. The van der Waals surface area contributed by atoms with Gasteiger partial charge in [0.1, 0.15) is 0 Å². The van der Waals surface area contributed by atoms with Gasteiger partial charge in [-0.3, -0.25) is 4.79 Å². The molecule has 0 atom stereocenters. The average molecular weight is 336 g/mol. The fraction of sp³-hybridized carbons (Fsp3) is 0.133. The Morgan fingerprint density at radius 1 is 1.05 bits per heavy atom. The summed E-state index contributed by atoms with van der Waals surface area (Å²) in [6.45, 7) is 0.452. The molecule has 0 saturated heterocycles. The second-order valence-corrected chi connectivity index (χ2v) is 5.22. The molecule has 0 aliphatic carbocycles. The molecule has 2 aromatic rings. The number of halogens is 1. The molecule has 98 valence electrons. The van der Waals surface area contributed by atoms with Crippen LogP contribution < -0.4 is 4.90 Å². The molecule has 1 aliphatic heterocycles. The number of anilines is 1. The van der Waals surface area contributed by atoms with E-state index in [4.69, 9.17) is 0 Å². The number of Topliss-reactive ketones (excluding diaryl/α,β-unsaturated/α-hetero) is 1. The molecule has 19 heavy (non-hydrogen) atoms. The van der Waals surface area contributed by atoms with Gasteiger partial charge in [-0.25, -0.2) is 0 Å². The molecule has 0 bridgehead atoms. The standard InChI is InChI=1S/C15H13NOS.BrH/c17-14(12-6-2-1-3-7-12)10-16-11-18-15-9-5-4-8-13(15)16;/h1-9H,10-11H2;1H. The number of rotatable bonds is 3. The summed E-state index contributed by atoms with van der Waals surface area (Å²) in [5.74, 6) is 1.03. The summed E-state index contributed by atoms with van der Waals surface area (Å²) in [4.78, 5) is 15.6. The van der Waals surface area contributed by atoms with E-state index in [-0.39, 0.29) is 22.8 Å². The van der Waals surface area contributed by atoms with E-state index < -0.39 is 0 Å². The molecule has 0 spiro atoms. The van der Waals surface area contributed by atoms with Crippen LogP contribution in [-0.2, 0) is 0 Å². The van der Waals surface area contributed by atoms with Crippen molar-refractivity contribution in [3.63, 3.8) is 0 Å². The molecule has 3 rings (SSSR count). The minimum Gasteiger partial charge on any atom is -0.353 e. The largest absolute Gasteiger partial charge is 0.353 e. The van der Waals surface area contributed by atoms with Crippen LogP contribution in [-0.4, -0.2) is 18.2 Å². The van der Waals surface area contributed by atoms with Gasteiger partial charge >= 0.3 is 0 Å². The van der Waals surface area contributed by atoms with Crippen molar-refractivity contribution in [1.82, 2.24) is 0 Å². The Bertz CT molecular complexity index is 573. The summed E-state index contributed by atoms with van der Waals surface area (Å²) in [5.41, 5.74) is 1.96. The van der Waals surface area contributed by atoms with E-state index in [0.29, 0.717) is 6.54 Å². The monoisotopic (exact) mass is 335 g/mol. The van der Waals surface area contributed by atoms with Gasteiger partial charge < -0.3 is 4.90 Å². The van der Waals surface area contributed by atoms with Crippen LogP contribution in [0, 0.1) is 0 Å². The first-order chi connectivity index (χ1) is 8.84. The van der Waals surface area contributed by atoms with E-state index in [1.165, 1.54) is 10.6 Å². The van der Waals surface area contributed by atoms with E-state index in [1.807, 2.05) is 42.5 Å². The number of fused-ring (bicyclic) bond motifs is 1. The quantitative estimate of drug-likeness (QED) is 0.790. The first-order valence-corrected chi connectivity index (χ1v) is 6.88. The summed E-state index contributed by atoms with van der Waals surface area (Å²) in [7, 11) is 0. The normalized spacial score (nSPS) is 12.7. The van der Waals surface area contributed by atoms with Crippen LogP contribution in [0.4, 0.5) is 5.69 Å². The lowest BCUT2D eigenvalue weighted by Gasteiger charge is -2.17. The summed E-state index contributed by atoms with van der Waals surface area (Å²) in [6.07, 6.45) is 0. The van der Waals surface area contributed by atoms with Crippen molar-refractivity contribution >= 4 is 40.2 Å². The molecule has 0 N–H and O–H groups in total. The topological polar surface area (TPSA) is 20.3 Å². The highest BCUT2D eigenvalue weighted by Crippen LogP contribution is 2.37. The van der Waals surface area contributed by atoms with Crippen molar-refractivity contribution in [3.8, 4) is 0 Å². The Morgan fingerprint density at radius 2 is 1.74 bits per heavy atom. The molecule has 0 saturated carbocycles. The molecule has 0 unspecified atom stereocenters. The van der Waals surface area contributed by atoms with Crippen molar-refractivity contribution in [2.75, 3.05) is 17.3 Å². The number of benzene rings is 2. The van der Waals surface area contributed by atoms with E-state index in [0.717, 1.165) is 11.4 Å². The second kappa shape index (κ2) is 6.26. The minimum absolute atomic E-state index is 0. The first-order valence-electron chi connectivity index (χ1n) is 5.89. The van der Waals surface area contributed by atoms with Crippen molar-refractivity contribution in [2.45, 2.75) is 4.90 Å². The number of nitrogens with zero attached hydrogens (tertiary/aromatic N) is 1. The zero-order valence-corrected chi connectivity index (χ0v) is 12.8. The van der Waals surface area contributed by atoms with Gasteiger partial charge in [-0.15, -0.1) is 28.7 Å². The molecule has 0 amide bonds. The van der Waals surface area contributed by atoms with Crippen LogP contribution in [0.5, 0.6) is 0 Å². The van der Waals surface area contributed by atoms with Crippen LogP contribution >= 0.6 is 28.7 Å². The zero-order valence-electron chi connectivity index (χ0n) is 10.3. The molecular weight excluding hydrogens is 322 g/mol. The number of carbonyl (C=O) groups excluding carboxylic acids is 1. The van der Waals surface area contributed by atoms with Gasteiger partial charge in [0.25, 0.3) is 0 Å². The molecule has 4 heteroatoms. The number of ketones is 1. The predicted octanol–water partition coefficient (Wildman–Crippen LogP) is 4.02. The Hall–Kier alpha value is -1.26. The van der Waals surface area contributed by atoms with Crippen molar-refractivity contribution in [3.05, 3.63) is 60.2 Å².